The van der Waals surface area contributed by atoms with E-state index in [0.717, 1.165) is 29.9 Å². The molecule has 2 aliphatic heterocycles. The minimum Gasteiger partial charge on any atom is -0.508 e. The van der Waals surface area contributed by atoms with Crippen LogP contribution in [0.4, 0.5) is 8.78 Å². The molecule has 14 N–H and O–H groups in total. The molecule has 0 saturated carbocycles. The first kappa shape index (κ1) is 76.4. The SMILES string of the molecule is C[C@H]1NC(=O)[C@H](CCCCN)NC(=O)CCSCc2cccc(c2)CSCCNC(=O)[C@]2(C)CCCN2C(=O)[C@H](Cc2ccc(O)cc2)N(C)C(=O)[C@H](Cc2c[nH]cn2)NC(=O)[C@H](C(C)(C)C(=O)O)NC(=O)[C@H](Cc2c[nH]c3ccc(F)cc23)NC(=O)[C@H](Cc2c[nH]c3ccc(F)cc23)NC1=O. The molecular weight excluding hydrogens is 1360 g/mol. The van der Waals surface area contributed by atoms with Crippen molar-refractivity contribution in [2.75, 3.05) is 38.2 Å². The van der Waals surface area contributed by atoms with Crippen LogP contribution in [0, 0.1) is 17.0 Å². The van der Waals surface area contributed by atoms with Crippen molar-refractivity contribution in [3.63, 3.8) is 0 Å². The minimum absolute atomic E-state index is 0.0493. The van der Waals surface area contributed by atoms with Crippen LogP contribution < -0.4 is 43.0 Å². The van der Waals surface area contributed by atoms with Crippen molar-refractivity contribution in [2.24, 2.45) is 11.1 Å². The number of rotatable bonds is 14. The Kier molecular flexibility index (Phi) is 26.0. The first-order valence-corrected chi connectivity index (χ1v) is 36.1. The number of carboxylic acid groups (broad SMARTS) is 1. The summed E-state index contributed by atoms with van der Waals surface area (Å²) in [5.74, 6) is -8.25. The molecule has 3 aromatic heterocycles. The van der Waals surface area contributed by atoms with Gasteiger partial charge in [-0.05, 0) is 143 Å². The van der Waals surface area contributed by atoms with E-state index in [1.54, 1.807) is 30.8 Å². The normalized spacial score (nSPS) is 22.9. The third-order valence-corrected chi connectivity index (χ3v) is 20.8. The van der Waals surface area contributed by atoms with E-state index in [2.05, 4.69) is 63.2 Å². The molecule has 2 aliphatic rings. The number of aromatic hydroxyl groups is 1. The molecule has 102 heavy (non-hydrogen) atoms. The van der Waals surface area contributed by atoms with Gasteiger partial charge in [0, 0.05) is 116 Å². The average Bonchev–Trinajstić information content (AvgIpc) is 1.44. The first-order chi connectivity index (χ1) is 48.7. The third-order valence-electron chi connectivity index (χ3n) is 18.7. The van der Waals surface area contributed by atoms with Crippen LogP contribution in [0.15, 0.2) is 110 Å². The van der Waals surface area contributed by atoms with Crippen LogP contribution in [0.5, 0.6) is 5.75 Å². The molecule has 26 nitrogen and oxygen atoms in total. The number of thioether (sulfide) groups is 2. The standard InChI is InChI=1S/C72H88F2N14O12S2/c1-41-62(91)83-56(30-45-35-78-53-19-15-47(73)32-51(45)53)64(93)84-57(31-46-36-79-54-20-16-48(74)33-52(46)54)65(94)86-61(71(2,3)70(99)100)66(95)85-58(34-49-37-76-40-80-49)67(96)87(5)59(29-42-13-17-50(89)18-14-42)68(97)88-25-9-22-72(88,4)69(98)77-24-27-102-39-44-11-8-10-43(28-44)38-101-26-21-60(90)82-55(63(92)81-41)12-6-7-23-75/h8,10-11,13-20,28,32-33,35-37,40-41,55-59,61,78-79,89H,6-7,9,12,21-27,29-31,34,38-39,75H2,1-5H3,(H,76,80)(H,77,98)(H,81,92)(H,82,90)(H,83,91)(H,84,93)(H,85,95)(H,86,94)(H,99,100)/t41-,55+,56+,57+,58+,59+,61-,72+/m1/s1. The van der Waals surface area contributed by atoms with Crippen molar-refractivity contribution >= 4 is 104 Å². The van der Waals surface area contributed by atoms with Crippen molar-refractivity contribution in [1.82, 2.24) is 67.0 Å². The van der Waals surface area contributed by atoms with Gasteiger partial charge in [-0.1, -0.05) is 36.4 Å². The van der Waals surface area contributed by atoms with E-state index in [1.807, 2.05) is 18.2 Å². The molecule has 5 heterocycles. The van der Waals surface area contributed by atoms with E-state index >= 15 is 28.4 Å². The molecule has 544 valence electrons. The number of carbonyl (C=O) groups is 10. The van der Waals surface area contributed by atoms with Crippen LogP contribution in [-0.2, 0) is 85.1 Å². The number of likely N-dealkylation sites (N-methyl/N-ethyl adjacent to an activating group) is 1. The third kappa shape index (κ3) is 19.4. The number of amides is 9. The Morgan fingerprint density at radius 3 is 1.89 bits per heavy atom. The van der Waals surface area contributed by atoms with Crippen molar-refractivity contribution in [1.29, 1.82) is 0 Å². The summed E-state index contributed by atoms with van der Waals surface area (Å²) >= 11 is 3.11. The summed E-state index contributed by atoms with van der Waals surface area (Å²) in [4.78, 5) is 163. The lowest BCUT2D eigenvalue weighted by atomic mass is 9.83. The number of hydrogen-bond donors (Lipinski definition) is 13. The second-order valence-electron chi connectivity index (χ2n) is 26.6. The van der Waals surface area contributed by atoms with Gasteiger partial charge in [-0.2, -0.15) is 23.5 Å². The minimum atomic E-state index is -2.24. The smallest absolute Gasteiger partial charge is 0.311 e. The zero-order valence-electron chi connectivity index (χ0n) is 57.4. The molecular formula is C72H88F2N14O12S2. The Labute approximate surface area is 596 Å². The summed E-state index contributed by atoms with van der Waals surface area (Å²) in [5, 5.41) is 40.9. The number of fused-ring (bicyclic) bond motifs is 5. The number of hydrogen-bond acceptors (Lipinski definition) is 15. The number of carbonyl (C=O) groups excluding carboxylic acids is 9. The number of aromatic amines is 3. The van der Waals surface area contributed by atoms with E-state index < -0.39 is 130 Å². The van der Waals surface area contributed by atoms with Gasteiger partial charge < -0.3 is 77.9 Å². The van der Waals surface area contributed by atoms with Crippen LogP contribution >= 0.6 is 23.5 Å². The van der Waals surface area contributed by atoms with Crippen molar-refractivity contribution < 1.29 is 66.9 Å². The zero-order valence-corrected chi connectivity index (χ0v) is 59.1. The van der Waals surface area contributed by atoms with Gasteiger partial charge in [-0.25, -0.2) is 13.8 Å². The highest BCUT2D eigenvalue weighted by molar-refractivity contribution is 7.98. The molecule has 8 atom stereocenters. The van der Waals surface area contributed by atoms with Gasteiger partial charge in [0.1, 0.15) is 65.2 Å². The lowest BCUT2D eigenvalue weighted by Gasteiger charge is -2.39. The van der Waals surface area contributed by atoms with E-state index in [1.165, 1.54) is 104 Å². The van der Waals surface area contributed by atoms with Gasteiger partial charge >= 0.3 is 5.97 Å². The molecule has 9 amide bonds. The van der Waals surface area contributed by atoms with Crippen LogP contribution in [0.1, 0.15) is 99.7 Å². The highest BCUT2D eigenvalue weighted by Crippen LogP contribution is 2.33. The van der Waals surface area contributed by atoms with Gasteiger partial charge in [0.25, 0.3) is 0 Å². The molecule has 4 aromatic carbocycles. The number of benzene rings is 4. The molecule has 30 heteroatoms. The summed E-state index contributed by atoms with van der Waals surface area (Å²) in [5.41, 5.74) is 6.43. The maximum Gasteiger partial charge on any atom is 0.311 e. The first-order valence-electron chi connectivity index (χ1n) is 33.8. The summed E-state index contributed by atoms with van der Waals surface area (Å²) in [6, 6.07) is 10.6. The Balaban J connectivity index is 1.09. The van der Waals surface area contributed by atoms with Crippen molar-refractivity contribution in [3.05, 3.63) is 155 Å². The fourth-order valence-electron chi connectivity index (χ4n) is 12.6. The number of unbranched alkanes of at least 4 members (excludes halogenated alkanes) is 1. The van der Waals surface area contributed by atoms with Gasteiger partial charge in [0.15, 0.2) is 0 Å². The van der Waals surface area contributed by atoms with E-state index in [-0.39, 0.29) is 74.0 Å². The summed E-state index contributed by atoms with van der Waals surface area (Å²) in [7, 11) is 1.35. The zero-order chi connectivity index (χ0) is 73.4. The average molecular weight is 1440 g/mol. The summed E-state index contributed by atoms with van der Waals surface area (Å²) in [6.45, 7) is 6.01. The molecule has 0 aliphatic carbocycles. The molecule has 9 rings (SSSR count). The quantitative estimate of drug-likeness (QED) is 0.0657. The summed E-state index contributed by atoms with van der Waals surface area (Å²) in [6.07, 6.45) is 6.26. The van der Waals surface area contributed by atoms with Gasteiger partial charge in [0.2, 0.25) is 53.2 Å². The molecule has 0 radical (unpaired) electrons. The molecule has 7 aromatic rings. The maximum atomic E-state index is 15.5. The van der Waals surface area contributed by atoms with Crippen LogP contribution in [0.2, 0.25) is 0 Å². The number of phenols is 1. The van der Waals surface area contributed by atoms with Gasteiger partial charge in [-0.3, -0.25) is 47.9 Å². The monoisotopic (exact) mass is 1440 g/mol. The maximum absolute atomic E-state index is 15.5. The van der Waals surface area contributed by atoms with Crippen LogP contribution in [0.25, 0.3) is 21.8 Å². The lowest BCUT2D eigenvalue weighted by Crippen LogP contribution is -2.64. The van der Waals surface area contributed by atoms with E-state index in [4.69, 9.17) is 5.73 Å². The lowest BCUT2D eigenvalue weighted by molar-refractivity contribution is -0.154. The number of carboxylic acids is 1. The number of aliphatic carboxylic acids is 1. The molecule has 2 bridgehead atoms. The van der Waals surface area contributed by atoms with Crippen molar-refractivity contribution in [2.45, 2.75) is 151 Å². The Hall–Kier alpha value is -9.81. The van der Waals surface area contributed by atoms with Gasteiger partial charge in [-0.15, -0.1) is 0 Å². The number of aromatic nitrogens is 4. The molecule has 1 saturated heterocycles. The number of halogens is 2. The fourth-order valence-corrected chi connectivity index (χ4v) is 14.3. The topological polar surface area (TPSA) is 388 Å². The fraction of sp³-hybridized carbons (Fsp3) is 0.431. The Morgan fingerprint density at radius 1 is 0.686 bits per heavy atom. The number of phenolic OH excluding ortho intramolecular Hbond substituents is 1. The predicted octanol–water partition coefficient (Wildman–Crippen LogP) is 4.69. The number of nitrogens with one attached hydrogen (secondary N) is 10. The molecule has 0 unspecified atom stereocenters. The number of nitrogens with two attached hydrogens (primary N) is 1. The second-order valence-corrected chi connectivity index (χ2v) is 28.8. The molecule has 0 spiro atoms. The second kappa shape index (κ2) is 34.7. The Bertz CT molecular complexity index is 4170. The highest BCUT2D eigenvalue weighted by atomic mass is 32.2. The van der Waals surface area contributed by atoms with E-state index in [0.29, 0.717) is 76.4 Å². The van der Waals surface area contributed by atoms with E-state index in [9.17, 15) is 38.6 Å². The number of imidazole rings is 1. The predicted molar refractivity (Wildman–Crippen MR) is 382 cm³/mol. The Morgan fingerprint density at radius 2 is 1.28 bits per heavy atom. The highest BCUT2D eigenvalue weighted by Gasteiger charge is 2.50. The largest absolute Gasteiger partial charge is 0.508 e. The van der Waals surface area contributed by atoms with Crippen molar-refractivity contribution in [3.8, 4) is 5.75 Å². The number of nitrogens with zero attached hydrogens (tertiary/aromatic N) is 3. The van der Waals surface area contributed by atoms with Crippen LogP contribution in [0.3, 0.4) is 0 Å². The number of H-pyrrole nitrogens is 3. The van der Waals surface area contributed by atoms with Gasteiger partial charge in [0.05, 0.1) is 17.4 Å². The van der Waals surface area contributed by atoms with Crippen LogP contribution in [-0.4, -0.2) is 185 Å². The summed E-state index contributed by atoms with van der Waals surface area (Å²) < 4.78 is 30.1. The molecule has 1 fully saturated rings.